The lowest BCUT2D eigenvalue weighted by atomic mass is 9.77. The van der Waals surface area contributed by atoms with Gasteiger partial charge in [-0.05, 0) is 89.0 Å². The minimum absolute atomic E-state index is 0.0400. The van der Waals surface area contributed by atoms with Crippen LogP contribution >= 0.6 is 0 Å². The van der Waals surface area contributed by atoms with Crippen LogP contribution in [0.1, 0.15) is 87.7 Å². The van der Waals surface area contributed by atoms with Crippen LogP contribution in [0.2, 0.25) is 0 Å². The van der Waals surface area contributed by atoms with Gasteiger partial charge < -0.3 is 5.73 Å². The molecule has 1 aromatic carbocycles. The van der Waals surface area contributed by atoms with Gasteiger partial charge in [-0.25, -0.2) is 0 Å². The quantitative estimate of drug-likeness (QED) is 0.417. The van der Waals surface area contributed by atoms with E-state index in [1.165, 1.54) is 33.5 Å². The maximum absolute atomic E-state index is 6.02. The number of hydrogen-bond acceptors (Lipinski definition) is 3. The summed E-state index contributed by atoms with van der Waals surface area (Å²) < 4.78 is 0. The molecule has 0 bridgehead atoms. The van der Waals surface area contributed by atoms with Gasteiger partial charge >= 0.3 is 0 Å². The zero-order valence-corrected chi connectivity index (χ0v) is 22.0. The lowest BCUT2D eigenvalue weighted by Crippen LogP contribution is -2.25. The Morgan fingerprint density at radius 1 is 0.727 bits per heavy atom. The van der Waals surface area contributed by atoms with E-state index in [1.807, 2.05) is 18.3 Å². The van der Waals surface area contributed by atoms with Crippen LogP contribution in [0.5, 0.6) is 0 Å². The minimum atomic E-state index is -0.0555. The van der Waals surface area contributed by atoms with Crippen molar-refractivity contribution in [2.24, 2.45) is 0 Å². The van der Waals surface area contributed by atoms with Crippen molar-refractivity contribution >= 4 is 5.69 Å². The van der Waals surface area contributed by atoms with Gasteiger partial charge in [0.1, 0.15) is 0 Å². The number of anilines is 1. The van der Waals surface area contributed by atoms with Crippen molar-refractivity contribution < 1.29 is 0 Å². The Bertz CT molecular complexity index is 1130. The number of benzene rings is 1. The summed E-state index contributed by atoms with van der Waals surface area (Å²) in [6.07, 6.45) is 5.89. The number of nitrogens with two attached hydrogens (primary N) is 1. The van der Waals surface area contributed by atoms with Gasteiger partial charge in [-0.15, -0.1) is 0 Å². The fraction of sp³-hybridized carbons (Fsp3) is 0.467. The highest BCUT2D eigenvalue weighted by Crippen LogP contribution is 2.33. The highest BCUT2D eigenvalue weighted by Gasteiger charge is 2.27. The number of aromatic nitrogens is 2. The molecule has 176 valence electrons. The van der Waals surface area contributed by atoms with E-state index in [1.54, 1.807) is 0 Å². The highest BCUT2D eigenvalue weighted by atomic mass is 14.7. The molecule has 0 aliphatic rings. The average Bonchev–Trinajstić information content (AvgIpc) is 2.68. The summed E-state index contributed by atoms with van der Waals surface area (Å²) in [4.78, 5) is 9.76. The molecule has 3 aromatic rings. The number of nitrogen functional groups attached to an aromatic ring is 1. The number of hydrogen-bond donors (Lipinski definition) is 1. The van der Waals surface area contributed by atoms with E-state index in [4.69, 9.17) is 15.7 Å². The lowest BCUT2D eigenvalue weighted by Gasteiger charge is -2.29. The van der Waals surface area contributed by atoms with Gasteiger partial charge in [0.05, 0.1) is 0 Å². The second-order valence-corrected chi connectivity index (χ2v) is 12.0. The van der Waals surface area contributed by atoms with Gasteiger partial charge in [-0.3, -0.25) is 9.97 Å². The van der Waals surface area contributed by atoms with Gasteiger partial charge in [0, 0.05) is 29.5 Å². The molecule has 0 spiro atoms. The molecule has 3 rings (SSSR count). The predicted octanol–water partition coefficient (Wildman–Crippen LogP) is 7.01. The molecule has 0 fully saturated rings. The molecule has 0 saturated carbocycles. The first kappa shape index (κ1) is 25.0. The van der Waals surface area contributed by atoms with Gasteiger partial charge in [0.25, 0.3) is 0 Å². The van der Waals surface area contributed by atoms with Crippen LogP contribution in [0.3, 0.4) is 0 Å². The average molecular weight is 444 g/mol. The molecular formula is C30H41N3. The molecule has 0 aliphatic carbocycles. The predicted molar refractivity (Wildman–Crippen MR) is 141 cm³/mol. The molecule has 0 aliphatic heterocycles. The topological polar surface area (TPSA) is 51.8 Å². The zero-order valence-electron chi connectivity index (χ0n) is 22.0. The Kier molecular flexibility index (Phi) is 6.75. The summed E-state index contributed by atoms with van der Waals surface area (Å²) in [5, 5.41) is 0. The van der Waals surface area contributed by atoms with Crippen molar-refractivity contribution in [1.29, 1.82) is 0 Å². The molecule has 0 atom stereocenters. The summed E-state index contributed by atoms with van der Waals surface area (Å²) in [5.74, 6) is 0. The molecule has 2 N–H and O–H groups in total. The van der Waals surface area contributed by atoms with E-state index in [0.29, 0.717) is 0 Å². The molecule has 33 heavy (non-hydrogen) atoms. The first-order chi connectivity index (χ1) is 15.2. The summed E-state index contributed by atoms with van der Waals surface area (Å²) in [6.45, 7) is 20.2. The zero-order chi connectivity index (χ0) is 24.6. The number of pyridine rings is 2. The first-order valence-electron chi connectivity index (χ1n) is 12.0. The van der Waals surface area contributed by atoms with E-state index in [9.17, 15) is 0 Å². The summed E-state index contributed by atoms with van der Waals surface area (Å²) >= 11 is 0. The Balaban J connectivity index is 1.82. The van der Waals surface area contributed by atoms with Crippen molar-refractivity contribution in [3.8, 4) is 0 Å². The van der Waals surface area contributed by atoms with Crippen LogP contribution < -0.4 is 5.73 Å². The van der Waals surface area contributed by atoms with Crippen molar-refractivity contribution in [2.45, 2.75) is 91.4 Å². The molecular weight excluding hydrogens is 402 g/mol. The van der Waals surface area contributed by atoms with E-state index in [0.717, 1.165) is 24.2 Å². The lowest BCUT2D eigenvalue weighted by molar-refractivity contribution is 0.500. The van der Waals surface area contributed by atoms with Crippen LogP contribution in [0.4, 0.5) is 5.69 Å². The van der Waals surface area contributed by atoms with Crippen LogP contribution in [-0.2, 0) is 29.1 Å². The summed E-state index contributed by atoms with van der Waals surface area (Å²) in [5.41, 5.74) is 15.5. The fourth-order valence-corrected chi connectivity index (χ4v) is 4.65. The maximum atomic E-state index is 6.02. The monoisotopic (exact) mass is 443 g/mol. The third kappa shape index (κ3) is 5.82. The van der Waals surface area contributed by atoms with Crippen LogP contribution in [0.25, 0.3) is 0 Å². The Hall–Kier alpha value is -2.68. The third-order valence-electron chi connectivity index (χ3n) is 6.85. The molecule has 3 nitrogen and oxygen atoms in total. The SMILES string of the molecule is Cc1cc(CC(C)(C)c2cccc(N)c2)ncc1C(C)(C)Cc1ncc(C(C)(C)C)cc1C. The van der Waals surface area contributed by atoms with E-state index >= 15 is 0 Å². The van der Waals surface area contributed by atoms with Crippen molar-refractivity contribution in [1.82, 2.24) is 9.97 Å². The Labute approximate surface area is 200 Å². The number of nitrogens with zero attached hydrogens (tertiary/aromatic N) is 2. The van der Waals surface area contributed by atoms with Crippen molar-refractivity contribution in [2.75, 3.05) is 5.73 Å². The summed E-state index contributed by atoms with van der Waals surface area (Å²) in [6, 6.07) is 12.7. The summed E-state index contributed by atoms with van der Waals surface area (Å²) in [7, 11) is 0. The second-order valence-electron chi connectivity index (χ2n) is 12.0. The first-order valence-corrected chi connectivity index (χ1v) is 12.0. The van der Waals surface area contributed by atoms with Crippen LogP contribution in [0.15, 0.2) is 48.8 Å². The van der Waals surface area contributed by atoms with E-state index in [-0.39, 0.29) is 16.2 Å². The normalized spacial score (nSPS) is 12.8. The van der Waals surface area contributed by atoms with Crippen LogP contribution in [0, 0.1) is 13.8 Å². The Morgan fingerprint density at radius 2 is 1.42 bits per heavy atom. The van der Waals surface area contributed by atoms with Crippen molar-refractivity contribution in [3.05, 3.63) is 88.0 Å². The minimum Gasteiger partial charge on any atom is -0.399 e. The second kappa shape index (κ2) is 8.93. The number of rotatable bonds is 6. The molecule has 3 heteroatoms. The largest absolute Gasteiger partial charge is 0.399 e. The number of aryl methyl sites for hydroxylation is 2. The maximum Gasteiger partial charge on any atom is 0.0441 e. The van der Waals surface area contributed by atoms with Gasteiger partial charge in [-0.1, -0.05) is 66.7 Å². The van der Waals surface area contributed by atoms with E-state index < -0.39 is 0 Å². The standard InChI is InChI=1S/C30H41N3/c1-20-14-25(16-29(6,7)22-11-10-12-24(31)15-22)32-19-26(20)30(8,9)17-27-21(2)13-23(18-33-27)28(3,4)5/h10-15,18-19H,16-17,31H2,1-9H3. The van der Waals surface area contributed by atoms with Gasteiger partial charge in [0.2, 0.25) is 0 Å². The molecule has 0 unspecified atom stereocenters. The fourth-order valence-electron chi connectivity index (χ4n) is 4.65. The molecule has 0 amide bonds. The Morgan fingerprint density at radius 3 is 2.00 bits per heavy atom. The van der Waals surface area contributed by atoms with Crippen molar-refractivity contribution in [3.63, 3.8) is 0 Å². The van der Waals surface area contributed by atoms with Gasteiger partial charge in [-0.2, -0.15) is 0 Å². The van der Waals surface area contributed by atoms with Crippen LogP contribution in [-0.4, -0.2) is 9.97 Å². The van der Waals surface area contributed by atoms with E-state index in [2.05, 4.69) is 92.8 Å². The third-order valence-corrected chi connectivity index (χ3v) is 6.85. The molecule has 2 heterocycles. The van der Waals surface area contributed by atoms with Gasteiger partial charge in [0.15, 0.2) is 0 Å². The smallest absolute Gasteiger partial charge is 0.0441 e. The molecule has 0 saturated heterocycles. The highest BCUT2D eigenvalue weighted by molar-refractivity contribution is 5.44. The molecule has 0 radical (unpaired) electrons. The molecule has 2 aromatic heterocycles.